The van der Waals surface area contributed by atoms with Crippen molar-refractivity contribution >= 4 is 17.9 Å². The number of hydrogen-bond donors (Lipinski definition) is 0. The van der Waals surface area contributed by atoms with Crippen molar-refractivity contribution in [2.75, 3.05) is 13.2 Å². The highest BCUT2D eigenvalue weighted by atomic mass is 16.6. The van der Waals surface area contributed by atoms with E-state index in [1.165, 1.54) is 257 Å². The van der Waals surface area contributed by atoms with Gasteiger partial charge in [0.15, 0.2) is 6.10 Å². The normalized spacial score (nSPS) is 12.2. The van der Waals surface area contributed by atoms with E-state index in [4.69, 9.17) is 14.2 Å². The van der Waals surface area contributed by atoms with Crippen molar-refractivity contribution in [1.29, 1.82) is 0 Å². The lowest BCUT2D eigenvalue weighted by molar-refractivity contribution is -0.167. The Morgan fingerprint density at radius 1 is 0.267 bits per heavy atom. The van der Waals surface area contributed by atoms with Crippen molar-refractivity contribution in [3.05, 3.63) is 36.5 Å². The molecule has 0 saturated heterocycles. The second-order valence-corrected chi connectivity index (χ2v) is 22.7. The molecule has 0 aromatic rings. The van der Waals surface area contributed by atoms with Crippen molar-refractivity contribution in [2.24, 2.45) is 0 Å². The van der Waals surface area contributed by atoms with Gasteiger partial charge in [0.05, 0.1) is 0 Å². The molecule has 0 spiro atoms. The maximum absolute atomic E-state index is 12.9. The van der Waals surface area contributed by atoms with Crippen LogP contribution in [0.15, 0.2) is 36.5 Å². The Kier molecular flexibility index (Phi) is 62.1. The smallest absolute Gasteiger partial charge is 0.306 e. The maximum Gasteiger partial charge on any atom is 0.306 e. The van der Waals surface area contributed by atoms with E-state index in [9.17, 15) is 14.4 Å². The summed E-state index contributed by atoms with van der Waals surface area (Å²) in [7, 11) is 0. The first-order valence-corrected chi connectivity index (χ1v) is 33.5. The number of allylic oxidation sites excluding steroid dienone is 6. The molecule has 6 nitrogen and oxygen atoms in total. The molecule has 6 heteroatoms. The summed E-state index contributed by atoms with van der Waals surface area (Å²) >= 11 is 0. The molecule has 0 saturated carbocycles. The summed E-state index contributed by atoms with van der Waals surface area (Å²) in [5, 5.41) is 0. The summed E-state index contributed by atoms with van der Waals surface area (Å²) in [6, 6.07) is 0. The summed E-state index contributed by atoms with van der Waals surface area (Å²) in [5.41, 5.74) is 0. The van der Waals surface area contributed by atoms with Crippen LogP contribution in [0.2, 0.25) is 0 Å². The molecule has 0 bridgehead atoms. The number of hydrogen-bond acceptors (Lipinski definition) is 6. The molecule has 0 radical (unpaired) electrons. The molecule has 75 heavy (non-hydrogen) atoms. The second-order valence-electron chi connectivity index (χ2n) is 22.7. The van der Waals surface area contributed by atoms with Gasteiger partial charge in [0, 0.05) is 19.3 Å². The van der Waals surface area contributed by atoms with E-state index in [1.807, 2.05) is 0 Å². The molecule has 0 N–H and O–H groups in total. The molecule has 440 valence electrons. The Morgan fingerprint density at radius 3 is 0.760 bits per heavy atom. The van der Waals surface area contributed by atoms with E-state index < -0.39 is 6.10 Å². The van der Waals surface area contributed by atoms with Gasteiger partial charge in [-0.2, -0.15) is 0 Å². The minimum Gasteiger partial charge on any atom is -0.462 e. The van der Waals surface area contributed by atoms with Gasteiger partial charge in [-0.05, 0) is 77.0 Å². The largest absolute Gasteiger partial charge is 0.462 e. The zero-order valence-corrected chi connectivity index (χ0v) is 50.6. The van der Waals surface area contributed by atoms with Gasteiger partial charge in [0.25, 0.3) is 0 Å². The average Bonchev–Trinajstić information content (AvgIpc) is 3.41. The fourth-order valence-corrected chi connectivity index (χ4v) is 10.1. The third-order valence-corrected chi connectivity index (χ3v) is 15.1. The maximum atomic E-state index is 12.9. The van der Waals surface area contributed by atoms with Gasteiger partial charge < -0.3 is 14.2 Å². The van der Waals surface area contributed by atoms with E-state index in [2.05, 4.69) is 57.2 Å². The van der Waals surface area contributed by atoms with Crippen LogP contribution in [0.3, 0.4) is 0 Å². The first kappa shape index (κ1) is 72.6. The SMILES string of the molecule is CCCCCC/C=C\C/C=C\CCCCCCCCCC(=O)OCC(COC(=O)CCCCCCCCCCCCCCCCCCCCCC)OC(=O)CCCCCCCCCCC/C=C\CCCCCCCC. The van der Waals surface area contributed by atoms with Gasteiger partial charge in [-0.15, -0.1) is 0 Å². The Labute approximate surface area is 467 Å². The Morgan fingerprint density at radius 2 is 0.480 bits per heavy atom. The van der Waals surface area contributed by atoms with E-state index in [-0.39, 0.29) is 31.1 Å². The summed E-state index contributed by atoms with van der Waals surface area (Å²) < 4.78 is 17.0. The molecule has 0 heterocycles. The topological polar surface area (TPSA) is 78.9 Å². The van der Waals surface area contributed by atoms with Crippen LogP contribution in [-0.4, -0.2) is 37.2 Å². The van der Waals surface area contributed by atoms with Gasteiger partial charge in [0.2, 0.25) is 0 Å². The molecule has 0 rings (SSSR count). The van der Waals surface area contributed by atoms with Gasteiger partial charge >= 0.3 is 17.9 Å². The van der Waals surface area contributed by atoms with Crippen LogP contribution in [0, 0.1) is 0 Å². The van der Waals surface area contributed by atoms with Crippen LogP contribution >= 0.6 is 0 Å². The predicted octanol–water partition coefficient (Wildman–Crippen LogP) is 22.8. The summed E-state index contributed by atoms with van der Waals surface area (Å²) in [4.78, 5) is 38.4. The van der Waals surface area contributed by atoms with Gasteiger partial charge in [-0.3, -0.25) is 14.4 Å². The number of carbonyl (C=O) groups is 3. The summed E-state index contributed by atoms with van der Waals surface area (Å²) in [6.45, 7) is 6.68. The second kappa shape index (κ2) is 64.2. The highest BCUT2D eigenvalue weighted by molar-refractivity contribution is 5.71. The molecule has 0 aliphatic heterocycles. The number of ether oxygens (including phenoxy) is 3. The Bertz CT molecular complexity index is 1250. The van der Waals surface area contributed by atoms with E-state index in [1.54, 1.807) is 0 Å². The number of unbranched alkanes of at least 4 members (excludes halogenated alkanes) is 45. The standard InChI is InChI=1S/C69H128O6/c1-4-7-10-13-16-19-22-25-28-31-34-36-38-41-44-47-50-53-56-59-62-68(71)74-65-66(64-73-67(70)61-58-55-52-49-46-43-40-37-33-30-27-24-21-18-15-12-9-6-3)75-69(72)63-60-57-54-51-48-45-42-39-35-32-29-26-23-20-17-14-11-8-5-2/h21,24,26,29-30,33,66H,4-20,22-23,25,27-28,31-32,34-65H2,1-3H3/b24-21-,29-26-,33-30-. The molecule has 1 unspecified atom stereocenters. The minimum atomic E-state index is -0.775. The molecular formula is C69H128O6. The third-order valence-electron chi connectivity index (χ3n) is 15.1. The van der Waals surface area contributed by atoms with Crippen molar-refractivity contribution in [3.8, 4) is 0 Å². The van der Waals surface area contributed by atoms with Crippen molar-refractivity contribution in [3.63, 3.8) is 0 Å². The average molecular weight is 1050 g/mol. The fourth-order valence-electron chi connectivity index (χ4n) is 10.1. The first-order valence-electron chi connectivity index (χ1n) is 33.5. The highest BCUT2D eigenvalue weighted by Crippen LogP contribution is 2.18. The summed E-state index contributed by atoms with van der Waals surface area (Å²) in [5.74, 6) is -0.854. The van der Waals surface area contributed by atoms with Crippen molar-refractivity contribution in [2.45, 2.75) is 374 Å². The molecule has 0 aromatic carbocycles. The predicted molar refractivity (Wildman–Crippen MR) is 326 cm³/mol. The van der Waals surface area contributed by atoms with Gasteiger partial charge in [-0.1, -0.05) is 308 Å². The molecule has 0 aliphatic rings. The number of carbonyl (C=O) groups excluding carboxylic acids is 3. The van der Waals surface area contributed by atoms with Crippen molar-refractivity contribution in [1.82, 2.24) is 0 Å². The van der Waals surface area contributed by atoms with E-state index in [0.29, 0.717) is 19.3 Å². The van der Waals surface area contributed by atoms with E-state index in [0.717, 1.165) is 70.6 Å². The first-order chi connectivity index (χ1) is 37.0. The molecule has 1 atom stereocenters. The van der Waals surface area contributed by atoms with Crippen LogP contribution in [0.5, 0.6) is 0 Å². The number of esters is 3. The highest BCUT2D eigenvalue weighted by Gasteiger charge is 2.19. The van der Waals surface area contributed by atoms with Crippen LogP contribution in [0.4, 0.5) is 0 Å². The molecular weight excluding hydrogens is 925 g/mol. The lowest BCUT2D eigenvalue weighted by atomic mass is 10.0. The van der Waals surface area contributed by atoms with Crippen molar-refractivity contribution < 1.29 is 28.6 Å². The Balaban J connectivity index is 4.33. The molecule has 0 aliphatic carbocycles. The fraction of sp³-hybridized carbons (Fsp3) is 0.870. The lowest BCUT2D eigenvalue weighted by Gasteiger charge is -2.18. The molecule has 0 fully saturated rings. The van der Waals surface area contributed by atoms with Crippen LogP contribution in [-0.2, 0) is 28.6 Å². The molecule has 0 aromatic heterocycles. The molecule has 0 amide bonds. The quantitative estimate of drug-likeness (QED) is 0.0261. The third kappa shape index (κ3) is 62.4. The van der Waals surface area contributed by atoms with Crippen LogP contribution in [0.25, 0.3) is 0 Å². The van der Waals surface area contributed by atoms with E-state index >= 15 is 0 Å². The monoisotopic (exact) mass is 1050 g/mol. The zero-order chi connectivity index (χ0) is 54.3. The Hall–Kier alpha value is -2.37. The van der Waals surface area contributed by atoms with Gasteiger partial charge in [-0.25, -0.2) is 0 Å². The number of rotatable bonds is 62. The summed E-state index contributed by atoms with van der Waals surface area (Å²) in [6.07, 6.45) is 78.6. The van der Waals surface area contributed by atoms with Gasteiger partial charge in [0.1, 0.15) is 13.2 Å². The lowest BCUT2D eigenvalue weighted by Crippen LogP contribution is -2.30. The minimum absolute atomic E-state index is 0.0709. The van der Waals surface area contributed by atoms with Crippen LogP contribution in [0.1, 0.15) is 367 Å². The van der Waals surface area contributed by atoms with Crippen LogP contribution < -0.4 is 0 Å². The zero-order valence-electron chi connectivity index (χ0n) is 50.6.